The van der Waals surface area contributed by atoms with Gasteiger partial charge in [-0.1, -0.05) is 46.0 Å². The highest BCUT2D eigenvalue weighted by Gasteiger charge is 2.44. The Bertz CT molecular complexity index is 303. The molecule has 23 heavy (non-hydrogen) atoms. The molecule has 5 atom stereocenters. The normalized spacial score (nSPS) is 29.3. The van der Waals surface area contributed by atoms with E-state index < -0.39 is 24.4 Å². The molecule has 1 rings (SSSR count). The summed E-state index contributed by atoms with van der Waals surface area (Å²) in [6.45, 7) is 5.35. The van der Waals surface area contributed by atoms with Crippen molar-refractivity contribution < 1.29 is 20.1 Å². The molecule has 0 bridgehead atoms. The molecule has 0 aromatic rings. The van der Waals surface area contributed by atoms with E-state index in [9.17, 15) is 15.3 Å². The van der Waals surface area contributed by atoms with Gasteiger partial charge in [0, 0.05) is 6.42 Å². The number of nitrogens with zero attached hydrogens (tertiary/aromatic N) is 1. The Kier molecular flexibility index (Phi) is 10.3. The molecule has 1 unspecified atom stereocenters. The van der Waals surface area contributed by atoms with Gasteiger partial charge in [0.15, 0.2) is 0 Å². The summed E-state index contributed by atoms with van der Waals surface area (Å²) >= 11 is 0. The van der Waals surface area contributed by atoms with Crippen LogP contribution in [0.15, 0.2) is 0 Å². The van der Waals surface area contributed by atoms with Gasteiger partial charge in [-0.2, -0.15) is 0 Å². The first-order chi connectivity index (χ1) is 11.0. The molecule has 0 radical (unpaired) electrons. The van der Waals surface area contributed by atoms with Gasteiger partial charge in [0.1, 0.15) is 6.10 Å². The number of unbranched alkanes of at least 4 members (excludes halogenated alkanes) is 4. The van der Waals surface area contributed by atoms with Crippen LogP contribution in [0.2, 0.25) is 0 Å². The Morgan fingerprint density at radius 1 is 1.04 bits per heavy atom. The fraction of sp³-hybridized carbons (Fsp3) is 1.00. The second kappa shape index (κ2) is 11.4. The maximum Gasteiger partial charge on any atom is 0.102 e. The lowest BCUT2D eigenvalue weighted by atomic mass is 10.1. The predicted molar refractivity (Wildman–Crippen MR) is 92.5 cm³/mol. The first-order valence-electron chi connectivity index (χ1n) is 9.37. The fourth-order valence-corrected chi connectivity index (χ4v) is 3.47. The minimum atomic E-state index is -0.661. The van der Waals surface area contributed by atoms with E-state index in [1.165, 1.54) is 25.7 Å². The summed E-state index contributed by atoms with van der Waals surface area (Å²) in [5.74, 6) is 0. The Labute approximate surface area is 141 Å². The van der Waals surface area contributed by atoms with Crippen molar-refractivity contribution in [1.29, 1.82) is 0 Å². The van der Waals surface area contributed by atoms with Crippen LogP contribution in [0.3, 0.4) is 0 Å². The van der Waals surface area contributed by atoms with Crippen molar-refractivity contribution in [1.82, 2.24) is 4.90 Å². The molecular weight excluding hydrogens is 294 g/mol. The monoisotopic (exact) mass is 331 g/mol. The summed E-state index contributed by atoms with van der Waals surface area (Å²) < 4.78 is 5.78. The zero-order chi connectivity index (χ0) is 17.2. The van der Waals surface area contributed by atoms with Crippen LogP contribution in [0.25, 0.3) is 0 Å². The van der Waals surface area contributed by atoms with Gasteiger partial charge in [-0.05, 0) is 26.4 Å². The second-order valence-corrected chi connectivity index (χ2v) is 7.00. The number of aliphatic hydroxyl groups excluding tert-OH is 3. The third-order valence-corrected chi connectivity index (χ3v) is 4.82. The topological polar surface area (TPSA) is 73.2 Å². The molecule has 5 nitrogen and oxygen atoms in total. The molecule has 0 aromatic heterocycles. The molecule has 138 valence electrons. The van der Waals surface area contributed by atoms with Gasteiger partial charge in [-0.3, -0.25) is 4.90 Å². The molecule has 1 aliphatic rings. The minimum Gasteiger partial charge on any atom is -0.391 e. The summed E-state index contributed by atoms with van der Waals surface area (Å²) in [6.07, 6.45) is 5.86. The van der Waals surface area contributed by atoms with Gasteiger partial charge in [-0.15, -0.1) is 0 Å². The number of hydrogen-bond acceptors (Lipinski definition) is 5. The number of likely N-dealkylation sites (N-methyl/N-ethyl adjacent to an activating group) is 1. The molecule has 0 saturated heterocycles. The van der Waals surface area contributed by atoms with Crippen molar-refractivity contribution in [2.45, 2.75) is 95.7 Å². The zero-order valence-electron chi connectivity index (χ0n) is 15.2. The first-order valence-corrected chi connectivity index (χ1v) is 9.37. The summed E-state index contributed by atoms with van der Waals surface area (Å²) in [5.41, 5.74) is 0. The average Bonchev–Trinajstić information content (AvgIpc) is 2.79. The number of ether oxygens (including phenoxy) is 1. The molecule has 0 spiro atoms. The van der Waals surface area contributed by atoms with Crippen LogP contribution in [0.4, 0.5) is 0 Å². The lowest BCUT2D eigenvalue weighted by molar-refractivity contribution is -0.0832. The molecule has 0 amide bonds. The van der Waals surface area contributed by atoms with Crippen LogP contribution in [-0.2, 0) is 4.74 Å². The van der Waals surface area contributed by atoms with E-state index in [2.05, 4.69) is 11.8 Å². The number of rotatable bonds is 12. The molecule has 3 N–H and O–H groups in total. The largest absolute Gasteiger partial charge is 0.391 e. The SMILES string of the molecule is CCCCCCCN(C)[C@H]1[C@H](OCC(O)CCC)[C@H](O)C[C@@H]1O. The molecule has 1 saturated carbocycles. The highest BCUT2D eigenvalue weighted by atomic mass is 16.5. The van der Waals surface area contributed by atoms with E-state index in [0.29, 0.717) is 12.8 Å². The molecular formula is C18H37NO4. The van der Waals surface area contributed by atoms with Crippen molar-refractivity contribution in [3.63, 3.8) is 0 Å². The molecule has 0 aromatic carbocycles. The van der Waals surface area contributed by atoms with Crippen LogP contribution in [0.1, 0.15) is 65.2 Å². The van der Waals surface area contributed by atoms with E-state index in [4.69, 9.17) is 4.74 Å². The standard InChI is InChI=1S/C18H37NO4/c1-4-6-7-8-9-11-19(3)17-15(21)12-16(22)18(17)23-13-14(20)10-5-2/h14-18,20-22H,4-13H2,1-3H3/t14?,15-,16+,17+,18+/m0/s1. The van der Waals surface area contributed by atoms with Crippen LogP contribution < -0.4 is 0 Å². The van der Waals surface area contributed by atoms with Crippen LogP contribution in [0.5, 0.6) is 0 Å². The van der Waals surface area contributed by atoms with Crippen molar-refractivity contribution in [2.24, 2.45) is 0 Å². The van der Waals surface area contributed by atoms with Crippen molar-refractivity contribution in [2.75, 3.05) is 20.2 Å². The molecule has 0 heterocycles. The van der Waals surface area contributed by atoms with Gasteiger partial charge < -0.3 is 20.1 Å². The number of hydrogen-bond donors (Lipinski definition) is 3. The lowest BCUT2D eigenvalue weighted by Crippen LogP contribution is -2.48. The first kappa shape index (κ1) is 20.8. The Morgan fingerprint density at radius 3 is 2.39 bits per heavy atom. The smallest absolute Gasteiger partial charge is 0.102 e. The minimum absolute atomic E-state index is 0.190. The summed E-state index contributed by atoms with van der Waals surface area (Å²) in [6, 6.07) is -0.190. The summed E-state index contributed by atoms with van der Waals surface area (Å²) in [4.78, 5) is 2.11. The Balaban J connectivity index is 2.44. The number of aliphatic hydroxyl groups is 3. The molecule has 5 heteroatoms. The lowest BCUT2D eigenvalue weighted by Gasteiger charge is -2.32. The summed E-state index contributed by atoms with van der Waals surface area (Å²) in [7, 11) is 1.99. The quantitative estimate of drug-likeness (QED) is 0.477. The van der Waals surface area contributed by atoms with E-state index in [1.54, 1.807) is 0 Å². The fourth-order valence-electron chi connectivity index (χ4n) is 3.47. The Morgan fingerprint density at radius 2 is 1.74 bits per heavy atom. The van der Waals surface area contributed by atoms with Crippen LogP contribution >= 0.6 is 0 Å². The highest BCUT2D eigenvalue weighted by Crippen LogP contribution is 2.28. The van der Waals surface area contributed by atoms with Crippen molar-refractivity contribution in [3.8, 4) is 0 Å². The third kappa shape index (κ3) is 7.06. The van der Waals surface area contributed by atoms with Gasteiger partial charge in [0.05, 0.1) is 31.0 Å². The van der Waals surface area contributed by atoms with Crippen LogP contribution in [0, 0.1) is 0 Å². The van der Waals surface area contributed by atoms with Gasteiger partial charge in [0.2, 0.25) is 0 Å². The molecule has 0 aliphatic heterocycles. The van der Waals surface area contributed by atoms with Crippen LogP contribution in [-0.4, -0.2) is 70.9 Å². The van der Waals surface area contributed by atoms with Gasteiger partial charge in [-0.25, -0.2) is 0 Å². The average molecular weight is 331 g/mol. The molecule has 1 fully saturated rings. The molecule has 1 aliphatic carbocycles. The van der Waals surface area contributed by atoms with Crippen molar-refractivity contribution >= 4 is 0 Å². The predicted octanol–water partition coefficient (Wildman–Crippen LogP) is 1.93. The van der Waals surface area contributed by atoms with E-state index in [0.717, 1.165) is 19.4 Å². The van der Waals surface area contributed by atoms with E-state index in [-0.39, 0.29) is 12.6 Å². The highest BCUT2D eigenvalue weighted by molar-refractivity contribution is 4.98. The second-order valence-electron chi connectivity index (χ2n) is 7.00. The maximum atomic E-state index is 10.3. The third-order valence-electron chi connectivity index (χ3n) is 4.82. The Hall–Kier alpha value is -0.200. The van der Waals surface area contributed by atoms with Gasteiger partial charge >= 0.3 is 0 Å². The van der Waals surface area contributed by atoms with Gasteiger partial charge in [0.25, 0.3) is 0 Å². The zero-order valence-corrected chi connectivity index (χ0v) is 15.2. The van der Waals surface area contributed by atoms with E-state index >= 15 is 0 Å². The summed E-state index contributed by atoms with van der Waals surface area (Å²) in [5, 5.41) is 30.3. The maximum absolute atomic E-state index is 10.3. The van der Waals surface area contributed by atoms with Crippen molar-refractivity contribution in [3.05, 3.63) is 0 Å². The van der Waals surface area contributed by atoms with E-state index in [1.807, 2.05) is 14.0 Å².